The monoisotopic (exact) mass is 394 g/mol. The molecule has 100 valence electrons. The highest BCUT2D eigenvalue weighted by Crippen LogP contribution is 2.37. The zero-order chi connectivity index (χ0) is 13.6. The molecular weight excluding hydrogens is 375 g/mol. The fourth-order valence-corrected chi connectivity index (χ4v) is 3.95. The minimum atomic E-state index is -1.67. The molecule has 0 radical (unpaired) electrons. The van der Waals surface area contributed by atoms with Gasteiger partial charge < -0.3 is 4.43 Å². The Labute approximate surface area is 127 Å². The van der Waals surface area contributed by atoms with Crippen LogP contribution >= 0.6 is 33.9 Å². The van der Waals surface area contributed by atoms with Gasteiger partial charge in [-0.15, -0.1) is 11.3 Å². The molecule has 0 unspecified atom stereocenters. The van der Waals surface area contributed by atoms with E-state index in [9.17, 15) is 0 Å². The van der Waals surface area contributed by atoms with Crippen LogP contribution in [0.15, 0.2) is 11.7 Å². The minimum absolute atomic E-state index is 0.255. The third kappa shape index (κ3) is 2.66. The van der Waals surface area contributed by atoms with Crippen molar-refractivity contribution in [3.63, 3.8) is 0 Å². The lowest BCUT2D eigenvalue weighted by Crippen LogP contribution is -2.40. The molecule has 0 saturated carbocycles. The molecule has 2 heterocycles. The maximum atomic E-state index is 6.25. The van der Waals surface area contributed by atoms with E-state index in [4.69, 9.17) is 4.43 Å². The fraction of sp³-hybridized carbons (Fsp3) is 0.583. The Bertz CT molecular complexity index is 556. The van der Waals surface area contributed by atoms with Gasteiger partial charge in [-0.25, -0.2) is 4.98 Å². The van der Waals surface area contributed by atoms with E-state index in [1.165, 1.54) is 10.5 Å². The summed E-state index contributed by atoms with van der Waals surface area (Å²) in [5.74, 6) is 0. The molecule has 2 aromatic heterocycles. The van der Waals surface area contributed by atoms with Gasteiger partial charge in [0.1, 0.15) is 14.9 Å². The van der Waals surface area contributed by atoms with Gasteiger partial charge in [0.15, 0.2) is 8.32 Å². The third-order valence-electron chi connectivity index (χ3n) is 3.68. The van der Waals surface area contributed by atoms with Crippen molar-refractivity contribution in [2.45, 2.75) is 45.5 Å². The lowest BCUT2D eigenvalue weighted by molar-refractivity contribution is 0.271. The largest absolute Gasteiger partial charge is 0.411 e. The van der Waals surface area contributed by atoms with Crippen LogP contribution in [0.3, 0.4) is 0 Å². The highest BCUT2D eigenvalue weighted by atomic mass is 127. The summed E-state index contributed by atoms with van der Waals surface area (Å²) in [7, 11) is -1.67. The molecule has 0 aliphatic heterocycles. The van der Waals surface area contributed by atoms with Gasteiger partial charge in [0.05, 0.1) is 12.3 Å². The molecule has 0 N–H and O–H groups in total. The number of hydrogen-bond acceptors (Lipinski definition) is 3. The zero-order valence-corrected chi connectivity index (χ0v) is 15.4. The van der Waals surface area contributed by atoms with Gasteiger partial charge in [-0.3, -0.25) is 4.40 Å². The molecule has 0 aromatic carbocycles. The Morgan fingerprint density at radius 1 is 1.44 bits per heavy atom. The molecule has 0 fully saturated rings. The number of thiazole rings is 1. The molecule has 0 aliphatic carbocycles. The van der Waals surface area contributed by atoms with Gasteiger partial charge in [0.25, 0.3) is 0 Å². The number of halogens is 1. The van der Waals surface area contributed by atoms with Crippen molar-refractivity contribution < 1.29 is 4.43 Å². The molecule has 0 bridgehead atoms. The summed E-state index contributed by atoms with van der Waals surface area (Å²) in [6.07, 6.45) is 1.89. The van der Waals surface area contributed by atoms with Crippen molar-refractivity contribution in [2.75, 3.05) is 0 Å². The van der Waals surface area contributed by atoms with Crippen LogP contribution in [0.5, 0.6) is 0 Å². The Hall–Kier alpha value is 0.0769. The van der Waals surface area contributed by atoms with Gasteiger partial charge in [-0.05, 0) is 40.7 Å². The van der Waals surface area contributed by atoms with Crippen molar-refractivity contribution in [3.05, 3.63) is 21.1 Å². The molecule has 18 heavy (non-hydrogen) atoms. The lowest BCUT2D eigenvalue weighted by Gasteiger charge is -2.36. The molecule has 2 rings (SSSR count). The highest BCUT2D eigenvalue weighted by Gasteiger charge is 2.37. The average Bonchev–Trinajstić information content (AvgIpc) is 2.78. The van der Waals surface area contributed by atoms with Crippen molar-refractivity contribution in [1.29, 1.82) is 0 Å². The smallest absolute Gasteiger partial charge is 0.192 e. The highest BCUT2D eigenvalue weighted by molar-refractivity contribution is 14.1. The summed E-state index contributed by atoms with van der Waals surface area (Å²) in [4.78, 5) is 5.54. The molecule has 0 aliphatic rings. The van der Waals surface area contributed by atoms with E-state index in [-0.39, 0.29) is 5.04 Å². The Balaban J connectivity index is 2.16. The zero-order valence-electron chi connectivity index (χ0n) is 11.5. The first kappa shape index (κ1) is 14.5. The summed E-state index contributed by atoms with van der Waals surface area (Å²) in [6, 6.07) is 0. The van der Waals surface area contributed by atoms with Crippen LogP contribution in [0.4, 0.5) is 0 Å². The summed E-state index contributed by atoms with van der Waals surface area (Å²) in [5.41, 5.74) is 1.20. The van der Waals surface area contributed by atoms with E-state index in [0.717, 1.165) is 3.70 Å². The summed E-state index contributed by atoms with van der Waals surface area (Å²) in [5, 5.41) is 2.43. The average molecular weight is 394 g/mol. The van der Waals surface area contributed by atoms with Gasteiger partial charge in [0.2, 0.25) is 0 Å². The van der Waals surface area contributed by atoms with Crippen LogP contribution in [0.1, 0.15) is 26.5 Å². The van der Waals surface area contributed by atoms with Crippen LogP contribution in [0.2, 0.25) is 18.1 Å². The minimum Gasteiger partial charge on any atom is -0.411 e. The van der Waals surface area contributed by atoms with E-state index >= 15 is 0 Å². The summed E-state index contributed by atoms with van der Waals surface area (Å²) < 4.78 is 9.45. The summed E-state index contributed by atoms with van der Waals surface area (Å²) in [6.45, 7) is 12.1. The first-order valence-electron chi connectivity index (χ1n) is 5.95. The molecule has 6 heteroatoms. The van der Waals surface area contributed by atoms with Crippen LogP contribution in [-0.2, 0) is 11.0 Å². The topological polar surface area (TPSA) is 26.5 Å². The first-order chi connectivity index (χ1) is 8.22. The number of nitrogens with zero attached hydrogens (tertiary/aromatic N) is 2. The van der Waals surface area contributed by atoms with Crippen LogP contribution < -0.4 is 0 Å². The molecule has 3 nitrogen and oxygen atoms in total. The third-order valence-corrected chi connectivity index (χ3v) is 10.3. The van der Waals surface area contributed by atoms with E-state index in [1.807, 2.05) is 6.33 Å². The van der Waals surface area contributed by atoms with Crippen LogP contribution in [-0.4, -0.2) is 17.7 Å². The van der Waals surface area contributed by atoms with Gasteiger partial charge in [-0.2, -0.15) is 0 Å². The van der Waals surface area contributed by atoms with E-state index in [1.54, 1.807) is 11.3 Å². The van der Waals surface area contributed by atoms with Crippen molar-refractivity contribution in [3.8, 4) is 0 Å². The molecule has 2 aromatic rings. The quantitative estimate of drug-likeness (QED) is 0.565. The molecule has 0 amide bonds. The van der Waals surface area contributed by atoms with Gasteiger partial charge in [0, 0.05) is 5.38 Å². The normalized spacial score (nSPS) is 13.4. The second kappa shape index (κ2) is 4.88. The SMILES string of the molecule is CC(C)(C)[Si](C)(C)OCc1csc2c(I)ncn12. The lowest BCUT2D eigenvalue weighted by atomic mass is 10.2. The van der Waals surface area contributed by atoms with E-state index in [0.29, 0.717) is 6.61 Å². The Morgan fingerprint density at radius 3 is 2.72 bits per heavy atom. The maximum Gasteiger partial charge on any atom is 0.192 e. The van der Waals surface area contributed by atoms with Gasteiger partial charge in [-0.1, -0.05) is 20.8 Å². The van der Waals surface area contributed by atoms with Crippen molar-refractivity contribution in [1.82, 2.24) is 9.38 Å². The predicted molar refractivity (Wildman–Crippen MR) is 87.8 cm³/mol. The molecule has 0 atom stereocenters. The number of fused-ring (bicyclic) bond motifs is 1. The van der Waals surface area contributed by atoms with Crippen molar-refractivity contribution >= 4 is 47.1 Å². The number of imidazole rings is 1. The van der Waals surface area contributed by atoms with E-state index in [2.05, 4.69) is 71.2 Å². The van der Waals surface area contributed by atoms with Crippen molar-refractivity contribution in [2.24, 2.45) is 0 Å². The second-order valence-corrected chi connectivity index (χ2v) is 12.7. The second-order valence-electron chi connectivity index (χ2n) is 5.99. The number of aromatic nitrogens is 2. The molecule has 0 spiro atoms. The van der Waals surface area contributed by atoms with Crippen LogP contribution in [0, 0.1) is 3.70 Å². The van der Waals surface area contributed by atoms with Gasteiger partial charge >= 0.3 is 0 Å². The maximum absolute atomic E-state index is 6.25. The molecule has 0 saturated heterocycles. The summed E-state index contributed by atoms with van der Waals surface area (Å²) >= 11 is 4.00. The van der Waals surface area contributed by atoms with E-state index < -0.39 is 8.32 Å². The predicted octanol–water partition coefficient (Wildman–Crippen LogP) is 4.52. The van der Waals surface area contributed by atoms with Crippen LogP contribution in [0.25, 0.3) is 4.83 Å². The number of rotatable bonds is 3. The molecular formula is C12H19IN2OSSi. The first-order valence-corrected chi connectivity index (χ1v) is 10.8. The Morgan fingerprint density at radius 2 is 2.11 bits per heavy atom. The standard InChI is InChI=1S/C12H19IN2OSSi/c1-12(2,3)18(4,5)16-6-9-7-17-11-10(13)14-8-15(9)11/h7-8H,6H2,1-5H3. The Kier molecular flexibility index (Phi) is 3.93. The number of hydrogen-bond donors (Lipinski definition) is 0. The fourth-order valence-electron chi connectivity index (χ4n) is 1.38.